The number of nitrogens with zero attached hydrogens (tertiary/aromatic N) is 3. The lowest BCUT2D eigenvalue weighted by atomic mass is 10.2. The highest BCUT2D eigenvalue weighted by Gasteiger charge is 2.13. The van der Waals surface area contributed by atoms with Crippen LogP contribution < -0.4 is 0 Å². The summed E-state index contributed by atoms with van der Waals surface area (Å²) in [5, 5.41) is 9.60. The molecule has 0 aliphatic rings. The molecular weight excluding hydrogens is 258 g/mol. The molecule has 0 unspecified atom stereocenters. The summed E-state index contributed by atoms with van der Waals surface area (Å²) in [6.07, 6.45) is 1.13. The van der Waals surface area contributed by atoms with Gasteiger partial charge in [0.15, 0.2) is 11.0 Å². The molecule has 1 heterocycles. The van der Waals surface area contributed by atoms with Gasteiger partial charge in [0.05, 0.1) is 13.2 Å². The van der Waals surface area contributed by atoms with Crippen LogP contribution in [0, 0.1) is 0 Å². The fraction of sp³-hybridized carbons (Fsp3) is 0.429. The van der Waals surface area contributed by atoms with Crippen LogP contribution in [0.15, 0.2) is 35.5 Å². The molecule has 19 heavy (non-hydrogen) atoms. The van der Waals surface area contributed by atoms with Crippen LogP contribution in [0.2, 0.25) is 0 Å². The molecule has 0 N–H and O–H groups in total. The van der Waals surface area contributed by atoms with Crippen molar-refractivity contribution < 1.29 is 4.74 Å². The Hall–Kier alpha value is -1.33. The van der Waals surface area contributed by atoms with E-state index in [-0.39, 0.29) is 0 Å². The third-order valence-electron chi connectivity index (χ3n) is 2.70. The predicted molar refractivity (Wildman–Crippen MR) is 78.3 cm³/mol. The zero-order valence-electron chi connectivity index (χ0n) is 11.4. The molecule has 0 amide bonds. The smallest absolute Gasteiger partial charge is 0.191 e. The summed E-state index contributed by atoms with van der Waals surface area (Å²) in [7, 11) is 1.71. The van der Waals surface area contributed by atoms with E-state index in [0.29, 0.717) is 6.61 Å². The third-order valence-corrected chi connectivity index (χ3v) is 3.88. The lowest BCUT2D eigenvalue weighted by molar-refractivity contribution is 0.185. The Morgan fingerprint density at radius 1 is 1.21 bits per heavy atom. The normalized spacial score (nSPS) is 10.8. The summed E-state index contributed by atoms with van der Waals surface area (Å²) >= 11 is 1.75. The van der Waals surface area contributed by atoms with Crippen molar-refractivity contribution in [3.8, 4) is 11.4 Å². The Morgan fingerprint density at radius 2 is 2.00 bits per heavy atom. The number of thioether (sulfide) groups is 1. The number of rotatable bonds is 7. The minimum absolute atomic E-state index is 0.664. The maximum atomic E-state index is 5.18. The van der Waals surface area contributed by atoms with Crippen molar-refractivity contribution in [1.82, 2.24) is 14.8 Å². The second-order valence-corrected chi connectivity index (χ2v) is 5.23. The molecule has 0 radical (unpaired) electrons. The SMILES string of the molecule is CCCSc1nnc(-c2ccccc2)n1CCOC. The average molecular weight is 277 g/mol. The van der Waals surface area contributed by atoms with Crippen LogP contribution in [0.4, 0.5) is 0 Å². The first-order chi connectivity index (χ1) is 9.36. The monoisotopic (exact) mass is 277 g/mol. The van der Waals surface area contributed by atoms with Crippen molar-refractivity contribution in [2.45, 2.75) is 25.0 Å². The van der Waals surface area contributed by atoms with Crippen LogP contribution in [0.25, 0.3) is 11.4 Å². The van der Waals surface area contributed by atoms with Gasteiger partial charge >= 0.3 is 0 Å². The van der Waals surface area contributed by atoms with Gasteiger partial charge in [-0.2, -0.15) is 0 Å². The molecule has 0 atom stereocenters. The standard InChI is InChI=1S/C14H19N3OS/c1-3-11-19-14-16-15-13(17(14)9-10-18-2)12-7-5-4-6-8-12/h4-8H,3,9-11H2,1-2H3. The summed E-state index contributed by atoms with van der Waals surface area (Å²) in [5.74, 6) is 1.97. The quantitative estimate of drug-likeness (QED) is 0.729. The number of benzene rings is 1. The van der Waals surface area contributed by atoms with Gasteiger partial charge in [0.2, 0.25) is 0 Å². The average Bonchev–Trinajstić information content (AvgIpc) is 2.86. The predicted octanol–water partition coefficient (Wildman–Crippen LogP) is 3.09. The molecule has 1 aromatic heterocycles. The zero-order valence-corrected chi connectivity index (χ0v) is 12.2. The van der Waals surface area contributed by atoms with Crippen molar-refractivity contribution in [2.24, 2.45) is 0 Å². The van der Waals surface area contributed by atoms with Crippen molar-refractivity contribution in [3.63, 3.8) is 0 Å². The van der Waals surface area contributed by atoms with E-state index >= 15 is 0 Å². The molecule has 0 aliphatic carbocycles. The molecule has 0 saturated carbocycles. The van der Waals surface area contributed by atoms with Crippen LogP contribution in [-0.4, -0.2) is 34.2 Å². The maximum Gasteiger partial charge on any atom is 0.191 e. The molecule has 2 rings (SSSR count). The van der Waals surface area contributed by atoms with E-state index in [2.05, 4.69) is 33.8 Å². The van der Waals surface area contributed by atoms with Gasteiger partial charge in [-0.25, -0.2) is 0 Å². The van der Waals surface area contributed by atoms with Crippen LogP contribution in [0.1, 0.15) is 13.3 Å². The van der Waals surface area contributed by atoms with Crippen molar-refractivity contribution in [3.05, 3.63) is 30.3 Å². The summed E-state index contributed by atoms with van der Waals surface area (Å²) < 4.78 is 7.32. The largest absolute Gasteiger partial charge is 0.383 e. The minimum atomic E-state index is 0.664. The zero-order chi connectivity index (χ0) is 13.5. The highest BCUT2D eigenvalue weighted by molar-refractivity contribution is 7.99. The number of methoxy groups -OCH3 is 1. The van der Waals surface area contributed by atoms with Crippen molar-refractivity contribution in [2.75, 3.05) is 19.5 Å². The van der Waals surface area contributed by atoms with Crippen LogP contribution in [0.5, 0.6) is 0 Å². The van der Waals surface area contributed by atoms with E-state index < -0.39 is 0 Å². The van der Waals surface area contributed by atoms with E-state index in [1.807, 2.05) is 18.2 Å². The Balaban J connectivity index is 2.29. The summed E-state index contributed by atoms with van der Waals surface area (Å²) in [6.45, 7) is 3.61. The molecule has 0 spiro atoms. The second-order valence-electron chi connectivity index (χ2n) is 4.17. The fourth-order valence-corrected chi connectivity index (χ4v) is 2.59. The number of hydrogen-bond donors (Lipinski definition) is 0. The van der Waals surface area contributed by atoms with E-state index in [1.165, 1.54) is 0 Å². The molecule has 0 bridgehead atoms. The second kappa shape index (κ2) is 7.31. The van der Waals surface area contributed by atoms with Gasteiger partial charge < -0.3 is 4.74 Å². The van der Waals surface area contributed by atoms with Gasteiger partial charge in [0.1, 0.15) is 0 Å². The van der Waals surface area contributed by atoms with Crippen LogP contribution >= 0.6 is 11.8 Å². The third kappa shape index (κ3) is 3.58. The number of aromatic nitrogens is 3. The Kier molecular flexibility index (Phi) is 5.42. The van der Waals surface area contributed by atoms with Crippen molar-refractivity contribution in [1.29, 1.82) is 0 Å². The topological polar surface area (TPSA) is 39.9 Å². The van der Waals surface area contributed by atoms with Gasteiger partial charge in [-0.15, -0.1) is 10.2 Å². The van der Waals surface area contributed by atoms with Gasteiger partial charge in [0, 0.05) is 18.4 Å². The molecule has 0 aliphatic heterocycles. The van der Waals surface area contributed by atoms with E-state index in [1.54, 1.807) is 18.9 Å². The first-order valence-electron chi connectivity index (χ1n) is 6.47. The molecule has 1 aromatic carbocycles. The lowest BCUT2D eigenvalue weighted by Crippen LogP contribution is -2.07. The minimum Gasteiger partial charge on any atom is -0.383 e. The van der Waals surface area contributed by atoms with Crippen molar-refractivity contribution >= 4 is 11.8 Å². The van der Waals surface area contributed by atoms with Crippen LogP contribution in [-0.2, 0) is 11.3 Å². The fourth-order valence-electron chi connectivity index (χ4n) is 1.77. The number of hydrogen-bond acceptors (Lipinski definition) is 4. The Labute approximate surface area is 118 Å². The van der Waals surface area contributed by atoms with Gasteiger partial charge in [-0.05, 0) is 6.42 Å². The van der Waals surface area contributed by atoms with Gasteiger partial charge in [0.25, 0.3) is 0 Å². The molecular formula is C14H19N3OS. The first kappa shape index (κ1) is 14.1. The van der Waals surface area contributed by atoms with Gasteiger partial charge in [-0.3, -0.25) is 4.57 Å². The highest BCUT2D eigenvalue weighted by Crippen LogP contribution is 2.24. The Bertz CT molecular complexity index is 499. The van der Waals surface area contributed by atoms with E-state index in [0.717, 1.165) is 35.3 Å². The maximum absolute atomic E-state index is 5.18. The lowest BCUT2D eigenvalue weighted by Gasteiger charge is -2.09. The Morgan fingerprint density at radius 3 is 2.68 bits per heavy atom. The summed E-state index contributed by atoms with van der Waals surface area (Å²) in [6, 6.07) is 10.2. The molecule has 5 heteroatoms. The summed E-state index contributed by atoms with van der Waals surface area (Å²) in [4.78, 5) is 0. The molecule has 4 nitrogen and oxygen atoms in total. The molecule has 102 valence electrons. The highest BCUT2D eigenvalue weighted by atomic mass is 32.2. The first-order valence-corrected chi connectivity index (χ1v) is 7.45. The van der Waals surface area contributed by atoms with Gasteiger partial charge in [-0.1, -0.05) is 49.0 Å². The van der Waals surface area contributed by atoms with Crippen LogP contribution in [0.3, 0.4) is 0 Å². The molecule has 0 saturated heterocycles. The molecule has 2 aromatic rings. The van der Waals surface area contributed by atoms with E-state index in [4.69, 9.17) is 4.74 Å². The number of ether oxygens (including phenoxy) is 1. The van der Waals surface area contributed by atoms with E-state index in [9.17, 15) is 0 Å². The molecule has 0 fully saturated rings. The summed E-state index contributed by atoms with van der Waals surface area (Å²) in [5.41, 5.74) is 1.09.